The van der Waals surface area contributed by atoms with Gasteiger partial charge < -0.3 is 14.8 Å². The van der Waals surface area contributed by atoms with E-state index >= 15 is 0 Å². The minimum absolute atomic E-state index is 0.0433. The fourth-order valence-electron chi connectivity index (χ4n) is 3.62. The summed E-state index contributed by atoms with van der Waals surface area (Å²) in [4.78, 5) is 27.5. The Hall–Kier alpha value is -2.70. The molecule has 31 heavy (non-hydrogen) atoms. The molecule has 6 heteroatoms. The molecule has 1 saturated heterocycles. The molecule has 0 radical (unpaired) electrons. The molecule has 166 valence electrons. The van der Waals surface area contributed by atoms with Crippen molar-refractivity contribution in [2.24, 2.45) is 0 Å². The fraction of sp³-hybridized carbons (Fsp3) is 0.440. The summed E-state index contributed by atoms with van der Waals surface area (Å²) in [5.74, 6) is 0.581. The number of rotatable bonds is 10. The fourth-order valence-corrected chi connectivity index (χ4v) is 3.62. The summed E-state index contributed by atoms with van der Waals surface area (Å²) in [6.07, 6.45) is 0.343. The van der Waals surface area contributed by atoms with E-state index in [2.05, 4.69) is 34.5 Å². The summed E-state index contributed by atoms with van der Waals surface area (Å²) >= 11 is 0. The highest BCUT2D eigenvalue weighted by atomic mass is 16.5. The Bertz CT molecular complexity index is 843. The van der Waals surface area contributed by atoms with E-state index < -0.39 is 0 Å². The molecule has 2 aromatic carbocycles. The number of benzene rings is 2. The van der Waals surface area contributed by atoms with Crippen LogP contribution in [0.3, 0.4) is 0 Å². The summed E-state index contributed by atoms with van der Waals surface area (Å²) in [6.45, 7) is 8.41. The van der Waals surface area contributed by atoms with Crippen molar-refractivity contribution in [3.63, 3.8) is 0 Å². The van der Waals surface area contributed by atoms with E-state index in [9.17, 15) is 9.59 Å². The van der Waals surface area contributed by atoms with Crippen molar-refractivity contribution in [1.29, 1.82) is 0 Å². The van der Waals surface area contributed by atoms with Gasteiger partial charge in [-0.1, -0.05) is 29.8 Å². The van der Waals surface area contributed by atoms with Crippen molar-refractivity contribution in [2.45, 2.75) is 32.7 Å². The first-order chi connectivity index (χ1) is 15.0. The third-order valence-electron chi connectivity index (χ3n) is 5.43. The maximum absolute atomic E-state index is 12.7. The Morgan fingerprint density at radius 1 is 1.03 bits per heavy atom. The molecule has 0 spiro atoms. The van der Waals surface area contributed by atoms with E-state index in [1.807, 2.05) is 13.8 Å². The van der Waals surface area contributed by atoms with Crippen LogP contribution in [0, 0.1) is 6.92 Å². The largest absolute Gasteiger partial charge is 0.494 e. The number of ether oxygens (including phenoxy) is 2. The Morgan fingerprint density at radius 3 is 2.35 bits per heavy atom. The van der Waals surface area contributed by atoms with Gasteiger partial charge in [-0.2, -0.15) is 0 Å². The second kappa shape index (κ2) is 11.6. The number of amides is 1. The van der Waals surface area contributed by atoms with E-state index in [1.165, 1.54) is 5.56 Å². The lowest BCUT2D eigenvalue weighted by atomic mass is 10.0. The Morgan fingerprint density at radius 2 is 1.71 bits per heavy atom. The molecule has 0 aliphatic carbocycles. The molecule has 0 unspecified atom stereocenters. The lowest BCUT2D eigenvalue weighted by Crippen LogP contribution is -2.43. The molecule has 1 atom stereocenters. The Kier molecular flexibility index (Phi) is 8.62. The quantitative estimate of drug-likeness (QED) is 0.591. The molecule has 1 heterocycles. The van der Waals surface area contributed by atoms with Gasteiger partial charge in [-0.15, -0.1) is 0 Å². The van der Waals surface area contributed by atoms with Gasteiger partial charge in [-0.25, -0.2) is 0 Å². The summed E-state index contributed by atoms with van der Waals surface area (Å²) < 4.78 is 10.8. The predicted octanol–water partition coefficient (Wildman–Crippen LogP) is 3.55. The SMILES string of the molecule is CCOc1ccc(C(=O)CCC(=O)N[C@@H](CN2CCOCC2)c2ccc(C)cc2)cc1. The lowest BCUT2D eigenvalue weighted by Gasteiger charge is -2.31. The first-order valence-corrected chi connectivity index (χ1v) is 11.0. The molecule has 0 aromatic heterocycles. The first kappa shape index (κ1) is 23.0. The van der Waals surface area contributed by atoms with Crippen molar-refractivity contribution >= 4 is 11.7 Å². The number of morpholine rings is 1. The van der Waals surface area contributed by atoms with Gasteiger partial charge in [0.05, 0.1) is 25.9 Å². The monoisotopic (exact) mass is 424 g/mol. The number of aryl methyl sites for hydroxylation is 1. The van der Waals surface area contributed by atoms with Gasteiger partial charge in [0.1, 0.15) is 5.75 Å². The molecular weight excluding hydrogens is 392 g/mol. The summed E-state index contributed by atoms with van der Waals surface area (Å²) in [7, 11) is 0. The van der Waals surface area contributed by atoms with E-state index in [0.29, 0.717) is 25.4 Å². The summed E-state index contributed by atoms with van der Waals surface area (Å²) in [5.41, 5.74) is 2.85. The number of hydrogen-bond acceptors (Lipinski definition) is 5. The van der Waals surface area contributed by atoms with Crippen LogP contribution in [-0.4, -0.2) is 56.0 Å². The maximum atomic E-state index is 12.7. The van der Waals surface area contributed by atoms with E-state index in [1.54, 1.807) is 24.3 Å². The van der Waals surface area contributed by atoms with Crippen LogP contribution in [0.1, 0.15) is 47.3 Å². The number of Topliss-reactive ketones (excluding diaryl/α,β-unsaturated/α-hetero) is 1. The van der Waals surface area contributed by atoms with Crippen LogP contribution in [0.2, 0.25) is 0 Å². The molecule has 2 aromatic rings. The molecule has 1 amide bonds. The molecule has 0 bridgehead atoms. The van der Waals surface area contributed by atoms with Gasteiger partial charge >= 0.3 is 0 Å². The molecule has 6 nitrogen and oxygen atoms in total. The maximum Gasteiger partial charge on any atom is 0.220 e. The normalized spacial score (nSPS) is 15.3. The number of carbonyl (C=O) groups excluding carboxylic acids is 2. The summed E-state index contributed by atoms with van der Waals surface area (Å²) in [5, 5.41) is 3.14. The van der Waals surface area contributed by atoms with Gasteiger partial charge in [0, 0.05) is 38.0 Å². The van der Waals surface area contributed by atoms with E-state index in [0.717, 1.165) is 30.9 Å². The van der Waals surface area contributed by atoms with E-state index in [-0.39, 0.29) is 30.6 Å². The second-order valence-corrected chi connectivity index (χ2v) is 7.82. The van der Waals surface area contributed by atoms with Gasteiger partial charge in [0.25, 0.3) is 0 Å². The average Bonchev–Trinajstić information content (AvgIpc) is 2.79. The standard InChI is InChI=1S/C25H32N2O4/c1-3-31-22-10-8-21(9-11-22)24(28)12-13-25(29)26-23(18-27-14-16-30-17-15-27)20-6-4-19(2)5-7-20/h4-11,23H,3,12-18H2,1-2H3,(H,26,29)/t23-/m0/s1. The van der Waals surface area contributed by atoms with Crippen LogP contribution in [0.4, 0.5) is 0 Å². The minimum atomic E-state index is -0.119. The summed E-state index contributed by atoms with van der Waals surface area (Å²) in [6, 6.07) is 15.2. The minimum Gasteiger partial charge on any atom is -0.494 e. The highest BCUT2D eigenvalue weighted by molar-refractivity contribution is 5.98. The Labute approximate surface area is 184 Å². The number of ketones is 1. The number of nitrogens with zero attached hydrogens (tertiary/aromatic N) is 1. The third-order valence-corrected chi connectivity index (χ3v) is 5.43. The number of hydrogen-bond donors (Lipinski definition) is 1. The number of carbonyl (C=O) groups is 2. The van der Waals surface area contributed by atoms with Crippen molar-refractivity contribution in [3.05, 3.63) is 65.2 Å². The van der Waals surface area contributed by atoms with Crippen molar-refractivity contribution < 1.29 is 19.1 Å². The van der Waals surface area contributed by atoms with Crippen LogP contribution in [-0.2, 0) is 9.53 Å². The third kappa shape index (κ3) is 7.19. The van der Waals surface area contributed by atoms with Gasteiger partial charge in [0.2, 0.25) is 5.91 Å². The molecule has 1 aliphatic rings. The number of nitrogens with one attached hydrogen (secondary N) is 1. The zero-order chi connectivity index (χ0) is 22.1. The predicted molar refractivity (Wildman–Crippen MR) is 120 cm³/mol. The van der Waals surface area contributed by atoms with Crippen LogP contribution in [0.15, 0.2) is 48.5 Å². The van der Waals surface area contributed by atoms with Crippen LogP contribution in [0.5, 0.6) is 5.75 Å². The van der Waals surface area contributed by atoms with Crippen molar-refractivity contribution in [3.8, 4) is 5.75 Å². The van der Waals surface area contributed by atoms with Gasteiger partial charge in [-0.3, -0.25) is 14.5 Å². The zero-order valence-corrected chi connectivity index (χ0v) is 18.4. The molecule has 1 fully saturated rings. The first-order valence-electron chi connectivity index (χ1n) is 11.0. The molecular formula is C25H32N2O4. The van der Waals surface area contributed by atoms with Gasteiger partial charge in [0.15, 0.2) is 5.78 Å². The molecule has 0 saturated carbocycles. The van der Waals surface area contributed by atoms with Crippen molar-refractivity contribution in [2.75, 3.05) is 39.5 Å². The lowest BCUT2D eigenvalue weighted by molar-refractivity contribution is -0.122. The highest BCUT2D eigenvalue weighted by Gasteiger charge is 2.20. The van der Waals surface area contributed by atoms with Crippen LogP contribution in [0.25, 0.3) is 0 Å². The Balaban J connectivity index is 1.57. The second-order valence-electron chi connectivity index (χ2n) is 7.82. The smallest absolute Gasteiger partial charge is 0.220 e. The topological polar surface area (TPSA) is 67.9 Å². The van der Waals surface area contributed by atoms with Crippen LogP contribution < -0.4 is 10.1 Å². The molecule has 3 rings (SSSR count). The highest BCUT2D eigenvalue weighted by Crippen LogP contribution is 2.18. The van der Waals surface area contributed by atoms with E-state index in [4.69, 9.17) is 9.47 Å². The molecule has 1 N–H and O–H groups in total. The van der Waals surface area contributed by atoms with Crippen LogP contribution >= 0.6 is 0 Å². The average molecular weight is 425 g/mol. The molecule has 1 aliphatic heterocycles. The van der Waals surface area contributed by atoms with Gasteiger partial charge in [-0.05, 0) is 43.7 Å². The van der Waals surface area contributed by atoms with Crippen molar-refractivity contribution in [1.82, 2.24) is 10.2 Å². The zero-order valence-electron chi connectivity index (χ0n) is 18.4.